The molecule has 0 bridgehead atoms. The fourth-order valence-electron chi connectivity index (χ4n) is 2.39. The van der Waals surface area contributed by atoms with Gasteiger partial charge in [-0.2, -0.15) is 0 Å². The van der Waals surface area contributed by atoms with Crippen LogP contribution in [0.25, 0.3) is 0 Å². The number of carbonyl (C=O) groups is 1. The van der Waals surface area contributed by atoms with Gasteiger partial charge in [-0.3, -0.25) is 4.79 Å². The van der Waals surface area contributed by atoms with Crippen LogP contribution in [-0.4, -0.2) is 44.1 Å². The van der Waals surface area contributed by atoms with E-state index >= 15 is 0 Å². The molecular formula is C14H20ClFN2O2. The lowest BCUT2D eigenvalue weighted by molar-refractivity contribution is 0.0703. The molecule has 0 saturated carbocycles. The Hall–Kier alpha value is -1.33. The van der Waals surface area contributed by atoms with Gasteiger partial charge in [-0.25, -0.2) is 4.39 Å². The molecule has 1 aliphatic rings. The number of piperidine rings is 1. The second-order valence-electron chi connectivity index (χ2n) is 4.70. The predicted molar refractivity (Wildman–Crippen MR) is 78.2 cm³/mol. The van der Waals surface area contributed by atoms with Crippen molar-refractivity contribution in [3.8, 4) is 5.75 Å². The molecule has 4 nitrogen and oxygen atoms in total. The predicted octanol–water partition coefficient (Wildman–Crippen LogP) is 2.08. The molecule has 0 radical (unpaired) electrons. The lowest BCUT2D eigenvalue weighted by Crippen LogP contribution is -2.44. The third kappa shape index (κ3) is 3.61. The molecule has 1 heterocycles. The van der Waals surface area contributed by atoms with Crippen LogP contribution in [0.4, 0.5) is 4.39 Å². The first kappa shape index (κ1) is 16.7. The van der Waals surface area contributed by atoms with Gasteiger partial charge in [0.25, 0.3) is 5.91 Å². The Morgan fingerprint density at radius 1 is 1.40 bits per heavy atom. The minimum Gasteiger partial charge on any atom is -0.496 e. The number of likely N-dealkylation sites (tertiary alicyclic amines) is 1. The van der Waals surface area contributed by atoms with Crippen LogP contribution in [0.5, 0.6) is 5.75 Å². The zero-order valence-electron chi connectivity index (χ0n) is 11.7. The van der Waals surface area contributed by atoms with Crippen LogP contribution in [-0.2, 0) is 0 Å². The average Bonchev–Trinajstić information content (AvgIpc) is 2.46. The monoisotopic (exact) mass is 302 g/mol. The standard InChI is InChI=1S/C14H19FN2O2.ClH/c1-16-11-5-7-17(8-6-11)14(18)12-9-10(15)3-4-13(12)19-2;/h3-4,9,11,16H,5-8H2,1-2H3;1H. The van der Waals surface area contributed by atoms with Crippen molar-refractivity contribution < 1.29 is 13.9 Å². The number of carbonyl (C=O) groups excluding carboxylic acids is 1. The zero-order valence-corrected chi connectivity index (χ0v) is 12.5. The van der Waals surface area contributed by atoms with Gasteiger partial charge in [0.15, 0.2) is 0 Å². The molecule has 2 rings (SSSR count). The quantitative estimate of drug-likeness (QED) is 0.929. The SMILES string of the molecule is CNC1CCN(C(=O)c2cc(F)ccc2OC)CC1.Cl. The average molecular weight is 303 g/mol. The number of nitrogens with one attached hydrogen (secondary N) is 1. The van der Waals surface area contributed by atoms with Crippen LogP contribution in [0.3, 0.4) is 0 Å². The Kier molecular flexibility index (Phi) is 6.23. The van der Waals surface area contributed by atoms with Gasteiger partial charge in [0, 0.05) is 19.1 Å². The molecule has 6 heteroatoms. The first-order valence-corrected chi connectivity index (χ1v) is 6.45. The molecule has 0 unspecified atom stereocenters. The lowest BCUT2D eigenvalue weighted by Gasteiger charge is -2.32. The van der Waals surface area contributed by atoms with Crippen molar-refractivity contribution in [1.29, 1.82) is 0 Å². The lowest BCUT2D eigenvalue weighted by atomic mass is 10.0. The summed E-state index contributed by atoms with van der Waals surface area (Å²) in [6, 6.07) is 4.48. The fraction of sp³-hybridized carbons (Fsp3) is 0.500. The van der Waals surface area contributed by atoms with E-state index in [1.165, 1.54) is 25.3 Å². The topological polar surface area (TPSA) is 41.6 Å². The summed E-state index contributed by atoms with van der Waals surface area (Å²) in [6.07, 6.45) is 1.83. The van der Waals surface area contributed by atoms with Crippen molar-refractivity contribution in [2.75, 3.05) is 27.2 Å². The summed E-state index contributed by atoms with van der Waals surface area (Å²) in [5.41, 5.74) is 0.297. The molecule has 0 atom stereocenters. The van der Waals surface area contributed by atoms with E-state index in [-0.39, 0.29) is 18.3 Å². The van der Waals surface area contributed by atoms with Crippen LogP contribution < -0.4 is 10.1 Å². The number of rotatable bonds is 3. The van der Waals surface area contributed by atoms with Crippen molar-refractivity contribution in [3.05, 3.63) is 29.6 Å². The van der Waals surface area contributed by atoms with Gasteiger partial charge in [0.1, 0.15) is 11.6 Å². The minimum absolute atomic E-state index is 0. The van der Waals surface area contributed by atoms with Gasteiger partial charge in [-0.05, 0) is 38.1 Å². The third-order valence-electron chi connectivity index (χ3n) is 3.58. The van der Waals surface area contributed by atoms with E-state index in [0.717, 1.165) is 12.8 Å². The molecule has 1 aromatic rings. The second kappa shape index (κ2) is 7.45. The van der Waals surface area contributed by atoms with Gasteiger partial charge in [0.05, 0.1) is 12.7 Å². The molecule has 20 heavy (non-hydrogen) atoms. The number of benzene rings is 1. The molecule has 1 fully saturated rings. The van der Waals surface area contributed by atoms with Crippen LogP contribution in [0.2, 0.25) is 0 Å². The molecule has 1 aromatic carbocycles. The van der Waals surface area contributed by atoms with Crippen molar-refractivity contribution in [2.24, 2.45) is 0 Å². The smallest absolute Gasteiger partial charge is 0.257 e. The van der Waals surface area contributed by atoms with E-state index < -0.39 is 5.82 Å². The molecule has 1 saturated heterocycles. The van der Waals surface area contributed by atoms with Crippen molar-refractivity contribution in [3.63, 3.8) is 0 Å². The maximum absolute atomic E-state index is 13.3. The van der Waals surface area contributed by atoms with Crippen molar-refractivity contribution in [2.45, 2.75) is 18.9 Å². The molecule has 1 N–H and O–H groups in total. The van der Waals surface area contributed by atoms with Gasteiger partial charge >= 0.3 is 0 Å². The summed E-state index contributed by atoms with van der Waals surface area (Å²) >= 11 is 0. The van der Waals surface area contributed by atoms with Crippen LogP contribution in [0.15, 0.2) is 18.2 Å². The third-order valence-corrected chi connectivity index (χ3v) is 3.58. The van der Waals surface area contributed by atoms with E-state index in [1.54, 1.807) is 4.90 Å². The summed E-state index contributed by atoms with van der Waals surface area (Å²) in [5, 5.41) is 3.21. The Bertz CT molecular complexity index is 462. The Morgan fingerprint density at radius 2 is 2.05 bits per heavy atom. The zero-order chi connectivity index (χ0) is 13.8. The summed E-state index contributed by atoms with van der Waals surface area (Å²) in [7, 11) is 3.41. The summed E-state index contributed by atoms with van der Waals surface area (Å²) in [6.45, 7) is 1.37. The van der Waals surface area contributed by atoms with Crippen LogP contribution >= 0.6 is 12.4 Å². The normalized spacial score (nSPS) is 15.7. The minimum atomic E-state index is -0.422. The highest BCUT2D eigenvalue weighted by Gasteiger charge is 2.25. The molecule has 1 amide bonds. The summed E-state index contributed by atoms with van der Waals surface area (Å²) in [5.74, 6) is -0.165. The van der Waals surface area contributed by atoms with Gasteiger partial charge < -0.3 is 15.0 Å². The Labute approximate surface area is 124 Å². The van der Waals surface area contributed by atoms with Crippen molar-refractivity contribution in [1.82, 2.24) is 10.2 Å². The van der Waals surface area contributed by atoms with Gasteiger partial charge in [-0.1, -0.05) is 0 Å². The highest BCUT2D eigenvalue weighted by atomic mass is 35.5. The Morgan fingerprint density at radius 3 is 2.60 bits per heavy atom. The van der Waals surface area contributed by atoms with Gasteiger partial charge in [-0.15, -0.1) is 12.4 Å². The fourth-order valence-corrected chi connectivity index (χ4v) is 2.39. The molecule has 1 aliphatic heterocycles. The second-order valence-corrected chi connectivity index (χ2v) is 4.70. The molecule has 0 aromatic heterocycles. The number of amides is 1. The largest absolute Gasteiger partial charge is 0.496 e. The molecule has 112 valence electrons. The number of methoxy groups -OCH3 is 1. The first-order chi connectivity index (χ1) is 9.15. The van der Waals surface area contributed by atoms with E-state index in [2.05, 4.69) is 5.32 Å². The van der Waals surface area contributed by atoms with E-state index in [1.807, 2.05) is 7.05 Å². The number of ether oxygens (including phenoxy) is 1. The maximum atomic E-state index is 13.3. The Balaban J connectivity index is 0.00000200. The summed E-state index contributed by atoms with van der Waals surface area (Å²) < 4.78 is 18.4. The van der Waals surface area contributed by atoms with Crippen LogP contribution in [0, 0.1) is 5.82 Å². The number of halogens is 2. The summed E-state index contributed by atoms with van der Waals surface area (Å²) in [4.78, 5) is 14.1. The number of hydrogen-bond acceptors (Lipinski definition) is 3. The molecule has 0 aliphatic carbocycles. The van der Waals surface area contributed by atoms with E-state index in [0.29, 0.717) is 30.4 Å². The number of nitrogens with zero attached hydrogens (tertiary/aromatic N) is 1. The molecular weight excluding hydrogens is 283 g/mol. The maximum Gasteiger partial charge on any atom is 0.257 e. The van der Waals surface area contributed by atoms with Crippen molar-refractivity contribution >= 4 is 18.3 Å². The van der Waals surface area contributed by atoms with E-state index in [4.69, 9.17) is 4.74 Å². The molecule has 0 spiro atoms. The highest BCUT2D eigenvalue weighted by Crippen LogP contribution is 2.22. The van der Waals surface area contributed by atoms with E-state index in [9.17, 15) is 9.18 Å². The highest BCUT2D eigenvalue weighted by molar-refractivity contribution is 5.97. The number of hydrogen-bond donors (Lipinski definition) is 1. The first-order valence-electron chi connectivity index (χ1n) is 6.45. The van der Waals surface area contributed by atoms with Crippen LogP contribution in [0.1, 0.15) is 23.2 Å². The van der Waals surface area contributed by atoms with Gasteiger partial charge in [0.2, 0.25) is 0 Å².